The largest absolute Gasteiger partial charge is 0.496 e. The number of rotatable bonds is 6. The van der Waals surface area contributed by atoms with Gasteiger partial charge >= 0.3 is 0 Å². The van der Waals surface area contributed by atoms with E-state index in [1.165, 1.54) is 7.11 Å². The molecule has 1 amide bonds. The van der Waals surface area contributed by atoms with Gasteiger partial charge in [-0.2, -0.15) is 0 Å². The Morgan fingerprint density at radius 3 is 2.54 bits per heavy atom. The average molecular weight is 511 g/mol. The highest BCUT2D eigenvalue weighted by atomic mass is 79.9. The van der Waals surface area contributed by atoms with E-state index >= 15 is 0 Å². The van der Waals surface area contributed by atoms with Crippen LogP contribution >= 0.6 is 31.9 Å². The van der Waals surface area contributed by atoms with Crippen molar-refractivity contribution in [2.24, 2.45) is 0 Å². The highest BCUT2D eigenvalue weighted by molar-refractivity contribution is 9.11. The summed E-state index contributed by atoms with van der Waals surface area (Å²) in [7, 11) is 3.06. The number of aliphatic hydroxyl groups excluding tert-OH is 1. The number of carbonyl (C=O) groups is 1. The maximum absolute atomic E-state index is 12.8. The molecule has 3 aromatic rings. The van der Waals surface area contributed by atoms with Crippen molar-refractivity contribution in [2.75, 3.05) is 19.5 Å². The number of anilines is 1. The Morgan fingerprint density at radius 2 is 1.89 bits per heavy atom. The predicted molar refractivity (Wildman–Crippen MR) is 113 cm³/mol. The summed E-state index contributed by atoms with van der Waals surface area (Å²) in [6, 6.07) is 12.1. The van der Waals surface area contributed by atoms with Gasteiger partial charge in [-0.25, -0.2) is 0 Å². The van der Waals surface area contributed by atoms with Gasteiger partial charge in [0.25, 0.3) is 5.91 Å². The van der Waals surface area contributed by atoms with Gasteiger partial charge < -0.3 is 24.3 Å². The first-order valence-electron chi connectivity index (χ1n) is 8.19. The van der Waals surface area contributed by atoms with Gasteiger partial charge in [0.05, 0.1) is 29.8 Å². The number of ether oxygens (including phenoxy) is 2. The summed E-state index contributed by atoms with van der Waals surface area (Å²) in [6.07, 6.45) is 0. The smallest absolute Gasteiger partial charge is 0.259 e. The third-order valence-corrected chi connectivity index (χ3v) is 5.04. The number of hydrogen-bond acceptors (Lipinski definition) is 5. The summed E-state index contributed by atoms with van der Waals surface area (Å²) < 4.78 is 17.7. The first-order valence-corrected chi connectivity index (χ1v) is 9.77. The summed E-state index contributed by atoms with van der Waals surface area (Å²) in [6.45, 7) is -0.198. The number of nitrogens with one attached hydrogen (secondary N) is 1. The fourth-order valence-electron chi connectivity index (χ4n) is 2.72. The van der Waals surface area contributed by atoms with Crippen molar-refractivity contribution < 1.29 is 23.8 Å². The SMILES string of the molecule is COc1ccc(NC(=O)c2cc(Br)cc(Br)c2OC)cc1-c1ccc(CO)o1. The maximum atomic E-state index is 12.8. The van der Waals surface area contributed by atoms with Gasteiger partial charge in [0.15, 0.2) is 0 Å². The van der Waals surface area contributed by atoms with Crippen molar-refractivity contribution in [2.45, 2.75) is 6.61 Å². The number of halogens is 2. The Morgan fingerprint density at radius 1 is 1.11 bits per heavy atom. The van der Waals surface area contributed by atoms with Crippen LogP contribution in [0.2, 0.25) is 0 Å². The number of aliphatic hydroxyl groups is 1. The lowest BCUT2D eigenvalue weighted by Crippen LogP contribution is -2.13. The normalized spacial score (nSPS) is 10.6. The van der Waals surface area contributed by atoms with Crippen LogP contribution in [0.15, 0.2) is 55.8 Å². The minimum atomic E-state index is -0.328. The average Bonchev–Trinajstić information content (AvgIpc) is 3.16. The van der Waals surface area contributed by atoms with E-state index in [9.17, 15) is 9.90 Å². The Balaban J connectivity index is 1.95. The van der Waals surface area contributed by atoms with E-state index in [0.717, 1.165) is 4.47 Å². The molecule has 146 valence electrons. The molecule has 0 aliphatic heterocycles. The first-order chi connectivity index (χ1) is 13.5. The maximum Gasteiger partial charge on any atom is 0.259 e. The van der Waals surface area contributed by atoms with Crippen LogP contribution in [0.5, 0.6) is 11.5 Å². The van der Waals surface area contributed by atoms with E-state index in [0.29, 0.717) is 44.3 Å². The second-order valence-corrected chi connectivity index (χ2v) is 7.53. The first kappa shape index (κ1) is 20.4. The molecule has 0 atom stereocenters. The van der Waals surface area contributed by atoms with Gasteiger partial charge in [-0.15, -0.1) is 0 Å². The standard InChI is InChI=1S/C20H17Br2NO5/c1-26-17-5-3-12(9-14(17)18-6-4-13(10-24)28-18)23-20(25)15-7-11(21)8-16(22)19(15)27-2/h3-9,24H,10H2,1-2H3,(H,23,25). The fourth-order valence-corrected chi connectivity index (χ4v) is 4.11. The summed E-state index contributed by atoms with van der Waals surface area (Å²) in [5.74, 6) is 1.66. The van der Waals surface area contributed by atoms with E-state index in [4.69, 9.17) is 13.9 Å². The number of methoxy groups -OCH3 is 2. The van der Waals surface area contributed by atoms with Crippen LogP contribution in [0.3, 0.4) is 0 Å². The van der Waals surface area contributed by atoms with Crippen LogP contribution in [0.4, 0.5) is 5.69 Å². The van der Waals surface area contributed by atoms with Crippen molar-refractivity contribution in [1.29, 1.82) is 0 Å². The lowest BCUT2D eigenvalue weighted by molar-refractivity contribution is 0.102. The van der Waals surface area contributed by atoms with Crippen LogP contribution < -0.4 is 14.8 Å². The Kier molecular flexibility index (Phi) is 6.43. The number of amides is 1. The van der Waals surface area contributed by atoms with E-state index in [1.807, 2.05) is 0 Å². The molecule has 2 aromatic carbocycles. The predicted octanol–water partition coefficient (Wildman–Crippen LogP) is 5.23. The summed E-state index contributed by atoms with van der Waals surface area (Å²) in [5, 5.41) is 12.1. The second-order valence-electron chi connectivity index (χ2n) is 5.76. The fraction of sp³-hybridized carbons (Fsp3) is 0.150. The van der Waals surface area contributed by atoms with Gasteiger partial charge in [0.1, 0.15) is 29.6 Å². The lowest BCUT2D eigenvalue weighted by atomic mass is 10.1. The topological polar surface area (TPSA) is 80.9 Å². The molecule has 0 aliphatic rings. The van der Waals surface area contributed by atoms with Crippen molar-refractivity contribution >= 4 is 43.5 Å². The van der Waals surface area contributed by atoms with Crippen molar-refractivity contribution in [3.63, 3.8) is 0 Å². The molecule has 6 nitrogen and oxygen atoms in total. The molecule has 0 saturated carbocycles. The van der Waals surface area contributed by atoms with Gasteiger partial charge in [-0.1, -0.05) is 15.9 Å². The highest BCUT2D eigenvalue weighted by Gasteiger charge is 2.18. The molecular formula is C20H17Br2NO5. The zero-order valence-electron chi connectivity index (χ0n) is 15.1. The van der Waals surface area contributed by atoms with Crippen LogP contribution in [0.1, 0.15) is 16.1 Å². The Hall–Kier alpha value is -2.29. The lowest BCUT2D eigenvalue weighted by Gasteiger charge is -2.13. The van der Waals surface area contributed by atoms with Crippen LogP contribution in [0.25, 0.3) is 11.3 Å². The molecular weight excluding hydrogens is 494 g/mol. The molecule has 3 rings (SSSR count). The van der Waals surface area contributed by atoms with Gasteiger partial charge in [0.2, 0.25) is 0 Å². The summed E-state index contributed by atoms with van der Waals surface area (Å²) in [4.78, 5) is 12.8. The number of furan rings is 1. The molecule has 1 aromatic heterocycles. The zero-order chi connectivity index (χ0) is 20.3. The Bertz CT molecular complexity index is 1020. The van der Waals surface area contributed by atoms with Crippen molar-refractivity contribution in [3.8, 4) is 22.8 Å². The minimum Gasteiger partial charge on any atom is -0.496 e. The third-order valence-electron chi connectivity index (χ3n) is 4.00. The van der Waals surface area contributed by atoms with E-state index < -0.39 is 0 Å². The van der Waals surface area contributed by atoms with Gasteiger partial charge in [0, 0.05) is 10.2 Å². The minimum absolute atomic E-state index is 0.198. The highest BCUT2D eigenvalue weighted by Crippen LogP contribution is 2.35. The molecule has 0 aliphatic carbocycles. The van der Waals surface area contributed by atoms with Crippen LogP contribution in [-0.2, 0) is 6.61 Å². The molecule has 2 N–H and O–H groups in total. The van der Waals surface area contributed by atoms with Crippen LogP contribution in [-0.4, -0.2) is 25.2 Å². The van der Waals surface area contributed by atoms with Crippen LogP contribution in [0, 0.1) is 0 Å². The summed E-state index contributed by atoms with van der Waals surface area (Å²) in [5.41, 5.74) is 1.59. The third kappa shape index (κ3) is 4.24. The second kappa shape index (κ2) is 8.81. The van der Waals surface area contributed by atoms with Crippen molar-refractivity contribution in [1.82, 2.24) is 0 Å². The molecule has 0 bridgehead atoms. The van der Waals surface area contributed by atoms with E-state index in [1.54, 1.807) is 49.6 Å². The molecule has 1 heterocycles. The zero-order valence-corrected chi connectivity index (χ0v) is 18.3. The molecule has 28 heavy (non-hydrogen) atoms. The van der Waals surface area contributed by atoms with Crippen molar-refractivity contribution in [3.05, 3.63) is 62.7 Å². The molecule has 0 spiro atoms. The number of hydrogen-bond donors (Lipinski definition) is 2. The number of carbonyl (C=O) groups excluding carboxylic acids is 1. The molecule has 8 heteroatoms. The quantitative estimate of drug-likeness (QED) is 0.474. The Labute approximate surface area is 178 Å². The van der Waals surface area contributed by atoms with E-state index in [-0.39, 0.29) is 12.5 Å². The molecule has 0 radical (unpaired) electrons. The van der Waals surface area contributed by atoms with E-state index in [2.05, 4.69) is 37.2 Å². The van der Waals surface area contributed by atoms with Gasteiger partial charge in [-0.05, 0) is 58.4 Å². The molecule has 0 unspecified atom stereocenters. The summed E-state index contributed by atoms with van der Waals surface area (Å²) >= 11 is 6.78. The molecule has 0 fully saturated rings. The number of benzene rings is 2. The molecule has 0 saturated heterocycles. The van der Waals surface area contributed by atoms with Gasteiger partial charge in [-0.3, -0.25) is 4.79 Å². The monoisotopic (exact) mass is 509 g/mol.